The quantitative estimate of drug-likeness (QED) is 0.489. The van der Waals surface area contributed by atoms with Crippen molar-refractivity contribution in [1.82, 2.24) is 9.55 Å². The molecule has 0 spiro atoms. The molecule has 154 valence electrons. The molecule has 2 atom stereocenters. The van der Waals surface area contributed by atoms with Crippen molar-refractivity contribution in [2.45, 2.75) is 32.2 Å². The average molecular weight is 422 g/mol. The molecule has 2 heterocycles. The third-order valence-corrected chi connectivity index (χ3v) is 6.55. The molecule has 2 N–H and O–H groups in total. The molecule has 0 radical (unpaired) electrons. The zero-order valence-electron chi connectivity index (χ0n) is 16.7. The molecule has 1 aliphatic carbocycles. The van der Waals surface area contributed by atoms with Crippen LogP contribution >= 0.6 is 11.6 Å². The van der Waals surface area contributed by atoms with Gasteiger partial charge in [0.15, 0.2) is 0 Å². The number of hydrogen-bond acceptors (Lipinski definition) is 4. The summed E-state index contributed by atoms with van der Waals surface area (Å²) in [6.07, 6.45) is 7.94. The predicted octanol–water partition coefficient (Wildman–Crippen LogP) is 5.23. The van der Waals surface area contributed by atoms with Gasteiger partial charge in [-0.2, -0.15) is 0 Å². The van der Waals surface area contributed by atoms with E-state index in [2.05, 4.69) is 0 Å². The molecular formula is C24H24ClN3O2. The van der Waals surface area contributed by atoms with Gasteiger partial charge in [-0.05, 0) is 61.9 Å². The summed E-state index contributed by atoms with van der Waals surface area (Å²) < 4.78 is 7.17. The molecule has 1 fully saturated rings. The van der Waals surface area contributed by atoms with Gasteiger partial charge < -0.3 is 10.2 Å². The number of rotatable bonds is 4. The molecule has 30 heavy (non-hydrogen) atoms. The second-order valence-corrected chi connectivity index (χ2v) is 8.80. The minimum atomic E-state index is -0.0196. The lowest BCUT2D eigenvalue weighted by Gasteiger charge is -2.29. The minimum absolute atomic E-state index is 0.0196. The Morgan fingerprint density at radius 3 is 2.80 bits per heavy atom. The van der Waals surface area contributed by atoms with Crippen LogP contribution in [-0.4, -0.2) is 16.1 Å². The third kappa shape index (κ3) is 3.53. The van der Waals surface area contributed by atoms with Crippen LogP contribution in [0.2, 0.25) is 5.02 Å². The van der Waals surface area contributed by atoms with E-state index in [1.807, 2.05) is 22.8 Å². The maximum atomic E-state index is 13.5. The van der Waals surface area contributed by atoms with Gasteiger partial charge in [0.1, 0.15) is 5.82 Å². The van der Waals surface area contributed by atoms with Crippen molar-refractivity contribution in [3.63, 3.8) is 0 Å². The molecule has 2 aromatic carbocycles. The van der Waals surface area contributed by atoms with E-state index in [4.69, 9.17) is 26.7 Å². The lowest BCUT2D eigenvalue weighted by molar-refractivity contribution is 0.246. The SMILES string of the molecule is NCC1CCCC(Cn2c(-c3ccc4cocc4c3)nc3cc(Cl)ccc3c2=O)C1. The van der Waals surface area contributed by atoms with Crippen LogP contribution in [0.15, 0.2) is 58.1 Å². The smallest absolute Gasteiger partial charge is 0.261 e. The summed E-state index contributed by atoms with van der Waals surface area (Å²) in [5, 5.41) is 3.18. The zero-order chi connectivity index (χ0) is 20.7. The first-order chi connectivity index (χ1) is 14.6. The molecule has 0 bridgehead atoms. The van der Waals surface area contributed by atoms with Gasteiger partial charge in [0.2, 0.25) is 0 Å². The van der Waals surface area contributed by atoms with Crippen molar-refractivity contribution < 1.29 is 4.42 Å². The molecule has 0 aliphatic heterocycles. The average Bonchev–Trinajstić information content (AvgIpc) is 3.23. The summed E-state index contributed by atoms with van der Waals surface area (Å²) in [7, 11) is 0. The zero-order valence-corrected chi connectivity index (χ0v) is 17.4. The fourth-order valence-corrected chi connectivity index (χ4v) is 4.89. The highest BCUT2D eigenvalue weighted by molar-refractivity contribution is 6.31. The first-order valence-electron chi connectivity index (χ1n) is 10.5. The lowest BCUT2D eigenvalue weighted by atomic mass is 9.81. The minimum Gasteiger partial charge on any atom is -0.471 e. The van der Waals surface area contributed by atoms with Crippen molar-refractivity contribution in [3.05, 3.63) is 64.3 Å². The van der Waals surface area contributed by atoms with E-state index in [0.717, 1.165) is 35.6 Å². The molecule has 4 aromatic rings. The van der Waals surface area contributed by atoms with Crippen molar-refractivity contribution in [1.29, 1.82) is 0 Å². The second kappa shape index (κ2) is 7.89. The molecule has 6 heteroatoms. The molecular weight excluding hydrogens is 398 g/mol. The Morgan fingerprint density at radius 2 is 1.93 bits per heavy atom. The van der Waals surface area contributed by atoms with E-state index in [1.54, 1.807) is 30.7 Å². The number of benzene rings is 2. The van der Waals surface area contributed by atoms with Gasteiger partial charge in [-0.15, -0.1) is 0 Å². The summed E-state index contributed by atoms with van der Waals surface area (Å²) >= 11 is 6.19. The van der Waals surface area contributed by atoms with Gasteiger partial charge in [-0.3, -0.25) is 9.36 Å². The maximum absolute atomic E-state index is 13.5. The van der Waals surface area contributed by atoms with Gasteiger partial charge in [0, 0.05) is 27.9 Å². The first kappa shape index (κ1) is 19.3. The fourth-order valence-electron chi connectivity index (χ4n) is 4.73. The number of fused-ring (bicyclic) bond motifs is 2. The molecule has 2 aromatic heterocycles. The summed E-state index contributed by atoms with van der Waals surface area (Å²) in [6, 6.07) is 11.3. The Labute approximate surface area is 179 Å². The number of nitrogens with zero attached hydrogens (tertiary/aromatic N) is 2. The van der Waals surface area contributed by atoms with Crippen LogP contribution in [0, 0.1) is 11.8 Å². The Kier molecular flexibility index (Phi) is 5.09. The molecule has 1 aliphatic rings. The fraction of sp³-hybridized carbons (Fsp3) is 0.333. The van der Waals surface area contributed by atoms with Crippen molar-refractivity contribution in [2.24, 2.45) is 17.6 Å². The highest BCUT2D eigenvalue weighted by Gasteiger charge is 2.24. The summed E-state index contributed by atoms with van der Waals surface area (Å²) in [6.45, 7) is 1.36. The van der Waals surface area contributed by atoms with Crippen LogP contribution in [0.3, 0.4) is 0 Å². The highest BCUT2D eigenvalue weighted by atomic mass is 35.5. The Balaban J connectivity index is 1.66. The molecule has 0 saturated heterocycles. The van der Waals surface area contributed by atoms with Crippen LogP contribution in [0.4, 0.5) is 0 Å². The van der Waals surface area contributed by atoms with E-state index in [9.17, 15) is 4.79 Å². The highest BCUT2D eigenvalue weighted by Crippen LogP contribution is 2.31. The van der Waals surface area contributed by atoms with Crippen LogP contribution in [-0.2, 0) is 6.54 Å². The third-order valence-electron chi connectivity index (χ3n) is 6.32. The van der Waals surface area contributed by atoms with Crippen LogP contribution in [0.25, 0.3) is 33.1 Å². The lowest BCUT2D eigenvalue weighted by Crippen LogP contribution is -2.30. The monoisotopic (exact) mass is 421 g/mol. The van der Waals surface area contributed by atoms with Crippen molar-refractivity contribution >= 4 is 33.3 Å². The van der Waals surface area contributed by atoms with Crippen LogP contribution < -0.4 is 11.3 Å². The largest absolute Gasteiger partial charge is 0.471 e. The first-order valence-corrected chi connectivity index (χ1v) is 10.9. The molecule has 5 nitrogen and oxygen atoms in total. The normalized spacial score (nSPS) is 19.5. The van der Waals surface area contributed by atoms with Crippen LogP contribution in [0.1, 0.15) is 25.7 Å². The van der Waals surface area contributed by atoms with Gasteiger partial charge in [0.25, 0.3) is 5.56 Å². The number of halogens is 1. The Morgan fingerprint density at radius 1 is 1.10 bits per heavy atom. The molecule has 2 unspecified atom stereocenters. The number of nitrogens with two attached hydrogens (primary N) is 1. The topological polar surface area (TPSA) is 74.1 Å². The molecule has 5 rings (SSSR count). The summed E-state index contributed by atoms with van der Waals surface area (Å²) in [5.74, 6) is 1.64. The summed E-state index contributed by atoms with van der Waals surface area (Å²) in [5.41, 5.74) is 7.44. The van der Waals surface area contributed by atoms with Gasteiger partial charge in [-0.25, -0.2) is 4.98 Å². The van der Waals surface area contributed by atoms with Gasteiger partial charge >= 0.3 is 0 Å². The van der Waals surface area contributed by atoms with E-state index in [1.165, 1.54) is 6.42 Å². The number of furan rings is 1. The Hall–Kier alpha value is -2.63. The number of hydrogen-bond donors (Lipinski definition) is 1. The molecule has 0 amide bonds. The Bertz CT molecular complexity index is 1280. The number of aromatic nitrogens is 2. The van der Waals surface area contributed by atoms with E-state index >= 15 is 0 Å². The van der Waals surface area contributed by atoms with E-state index in [-0.39, 0.29) is 5.56 Å². The van der Waals surface area contributed by atoms with E-state index in [0.29, 0.717) is 46.7 Å². The second-order valence-electron chi connectivity index (χ2n) is 8.36. The van der Waals surface area contributed by atoms with Crippen LogP contribution in [0.5, 0.6) is 0 Å². The van der Waals surface area contributed by atoms with Gasteiger partial charge in [-0.1, -0.05) is 30.2 Å². The standard InChI is InChI=1S/C24H24ClN3O2/c25-20-6-7-21-22(10-20)27-23(17-4-5-18-13-30-14-19(18)9-17)28(24(21)29)12-16-3-1-2-15(8-16)11-26/h4-7,9-10,13-16H,1-3,8,11-12,26H2. The van der Waals surface area contributed by atoms with Crippen molar-refractivity contribution in [3.8, 4) is 11.4 Å². The van der Waals surface area contributed by atoms with Crippen molar-refractivity contribution in [2.75, 3.05) is 6.54 Å². The summed E-state index contributed by atoms with van der Waals surface area (Å²) in [4.78, 5) is 18.4. The predicted molar refractivity (Wildman–Crippen MR) is 121 cm³/mol. The molecule has 1 saturated carbocycles. The van der Waals surface area contributed by atoms with E-state index < -0.39 is 0 Å². The maximum Gasteiger partial charge on any atom is 0.261 e. The van der Waals surface area contributed by atoms with Gasteiger partial charge in [0.05, 0.1) is 23.4 Å².